The van der Waals surface area contributed by atoms with Gasteiger partial charge in [-0.15, -0.1) is 0 Å². The first-order valence-electron chi connectivity index (χ1n) is 6.39. The Balaban J connectivity index is 2.23. The minimum atomic E-state index is -0.310. The average molecular weight is 341 g/mol. The lowest BCUT2D eigenvalue weighted by Crippen LogP contribution is -2.08. The van der Waals surface area contributed by atoms with Crippen LogP contribution in [-0.2, 0) is 4.74 Å². The van der Waals surface area contributed by atoms with Gasteiger partial charge in [0.25, 0.3) is 0 Å². The van der Waals surface area contributed by atoms with E-state index < -0.39 is 0 Å². The molecule has 0 aromatic heterocycles. The summed E-state index contributed by atoms with van der Waals surface area (Å²) in [6, 6.07) is 12.4. The number of ether oxygens (including phenoxy) is 1. The Morgan fingerprint density at radius 2 is 1.30 bits per heavy atom. The average Bonchev–Trinajstić information content (AvgIpc) is 2.46. The van der Waals surface area contributed by atoms with Gasteiger partial charge >= 0.3 is 0 Å². The van der Waals surface area contributed by atoms with Crippen molar-refractivity contribution < 1.29 is 13.5 Å². The first kappa shape index (κ1) is 15.1. The summed E-state index contributed by atoms with van der Waals surface area (Å²) in [4.78, 5) is 0. The minimum absolute atomic E-state index is 0.285. The molecule has 0 fully saturated rings. The van der Waals surface area contributed by atoms with Crippen LogP contribution in [0, 0.1) is 11.6 Å². The van der Waals surface area contributed by atoms with E-state index in [9.17, 15) is 8.78 Å². The molecule has 0 spiro atoms. The van der Waals surface area contributed by atoms with Crippen LogP contribution < -0.4 is 0 Å². The zero-order valence-corrected chi connectivity index (χ0v) is 12.4. The van der Waals surface area contributed by atoms with Crippen molar-refractivity contribution in [1.82, 2.24) is 0 Å². The van der Waals surface area contributed by atoms with Crippen LogP contribution in [0.3, 0.4) is 0 Å². The van der Waals surface area contributed by atoms with E-state index in [0.717, 1.165) is 22.9 Å². The van der Waals surface area contributed by atoms with Crippen molar-refractivity contribution in [2.75, 3.05) is 11.9 Å². The molecule has 106 valence electrons. The maximum Gasteiger partial charge on any atom is 0.123 e. The van der Waals surface area contributed by atoms with Gasteiger partial charge in [-0.3, -0.25) is 0 Å². The Morgan fingerprint density at radius 3 is 1.70 bits per heavy atom. The van der Waals surface area contributed by atoms with Crippen LogP contribution >= 0.6 is 15.9 Å². The Kier molecular flexibility index (Phi) is 5.68. The van der Waals surface area contributed by atoms with E-state index in [2.05, 4.69) is 15.9 Å². The summed E-state index contributed by atoms with van der Waals surface area (Å²) in [7, 11) is 0. The first-order valence-corrected chi connectivity index (χ1v) is 7.51. The van der Waals surface area contributed by atoms with Gasteiger partial charge in [0.15, 0.2) is 0 Å². The van der Waals surface area contributed by atoms with E-state index in [4.69, 9.17) is 4.74 Å². The predicted octanol–water partition coefficient (Wildman–Crippen LogP) is 4.86. The standard InChI is InChI=1S/C16H15BrF2O/c17-10-1-11-20-16(12-2-6-14(18)7-3-12)13-4-8-15(19)9-5-13/h2-9,16H,1,10-11H2. The molecular weight excluding hydrogens is 326 g/mol. The summed E-state index contributed by atoms with van der Waals surface area (Å²) in [5.74, 6) is -0.570. The summed E-state index contributed by atoms with van der Waals surface area (Å²) < 4.78 is 31.9. The number of hydrogen-bond acceptors (Lipinski definition) is 1. The van der Waals surface area contributed by atoms with Gasteiger partial charge < -0.3 is 4.74 Å². The summed E-state index contributed by atoms with van der Waals surface area (Å²) in [5, 5.41) is 0.854. The zero-order chi connectivity index (χ0) is 14.4. The fourth-order valence-electron chi connectivity index (χ4n) is 1.92. The highest BCUT2D eigenvalue weighted by molar-refractivity contribution is 9.09. The third-order valence-corrected chi connectivity index (χ3v) is 3.47. The molecule has 0 aliphatic rings. The molecule has 0 N–H and O–H groups in total. The van der Waals surface area contributed by atoms with Crippen molar-refractivity contribution in [3.63, 3.8) is 0 Å². The van der Waals surface area contributed by atoms with E-state index in [-0.39, 0.29) is 17.7 Å². The van der Waals surface area contributed by atoms with Crippen molar-refractivity contribution in [2.45, 2.75) is 12.5 Å². The van der Waals surface area contributed by atoms with E-state index >= 15 is 0 Å². The van der Waals surface area contributed by atoms with E-state index in [1.165, 1.54) is 24.3 Å². The van der Waals surface area contributed by atoms with Crippen LogP contribution in [0.25, 0.3) is 0 Å². The van der Waals surface area contributed by atoms with E-state index in [1.807, 2.05) is 0 Å². The lowest BCUT2D eigenvalue weighted by atomic mass is 10.0. The van der Waals surface area contributed by atoms with E-state index in [0.29, 0.717) is 6.61 Å². The molecule has 0 aliphatic heterocycles. The quantitative estimate of drug-likeness (QED) is 0.539. The van der Waals surface area contributed by atoms with Crippen LogP contribution in [0.15, 0.2) is 48.5 Å². The second-order valence-corrected chi connectivity index (χ2v) is 5.19. The molecule has 0 heterocycles. The molecule has 0 saturated carbocycles. The molecular formula is C16H15BrF2O. The van der Waals surface area contributed by atoms with Crippen molar-refractivity contribution in [3.8, 4) is 0 Å². The van der Waals surface area contributed by atoms with Crippen molar-refractivity contribution in [2.24, 2.45) is 0 Å². The van der Waals surface area contributed by atoms with E-state index in [1.54, 1.807) is 24.3 Å². The highest BCUT2D eigenvalue weighted by Crippen LogP contribution is 2.26. The topological polar surface area (TPSA) is 9.23 Å². The Labute approximate surface area is 125 Å². The molecule has 2 aromatic carbocycles. The fourth-order valence-corrected chi connectivity index (χ4v) is 2.14. The lowest BCUT2D eigenvalue weighted by molar-refractivity contribution is 0.0812. The number of rotatable bonds is 6. The van der Waals surface area contributed by atoms with Crippen LogP contribution in [0.2, 0.25) is 0 Å². The maximum absolute atomic E-state index is 13.0. The van der Waals surface area contributed by atoms with Gasteiger partial charge in [0.2, 0.25) is 0 Å². The van der Waals surface area contributed by atoms with Crippen molar-refractivity contribution >= 4 is 15.9 Å². The molecule has 20 heavy (non-hydrogen) atoms. The predicted molar refractivity (Wildman–Crippen MR) is 79.0 cm³/mol. The molecule has 0 bridgehead atoms. The summed E-state index contributed by atoms with van der Waals surface area (Å²) >= 11 is 3.35. The van der Waals surface area contributed by atoms with Crippen LogP contribution in [-0.4, -0.2) is 11.9 Å². The largest absolute Gasteiger partial charge is 0.369 e. The molecule has 2 aromatic rings. The van der Waals surface area contributed by atoms with Gasteiger partial charge in [-0.25, -0.2) is 8.78 Å². The summed E-state index contributed by atoms with van der Waals surface area (Å²) in [6.07, 6.45) is 0.564. The van der Waals surface area contributed by atoms with Gasteiger partial charge in [0, 0.05) is 11.9 Å². The Bertz CT molecular complexity index is 480. The van der Waals surface area contributed by atoms with Crippen LogP contribution in [0.1, 0.15) is 23.7 Å². The number of hydrogen-bond donors (Lipinski definition) is 0. The summed E-state index contributed by atoms with van der Waals surface area (Å²) in [6.45, 7) is 0.574. The molecule has 0 radical (unpaired) electrons. The monoisotopic (exact) mass is 340 g/mol. The second-order valence-electron chi connectivity index (χ2n) is 4.40. The second kappa shape index (κ2) is 7.50. The van der Waals surface area contributed by atoms with Gasteiger partial charge in [-0.2, -0.15) is 0 Å². The van der Waals surface area contributed by atoms with Gasteiger partial charge in [-0.1, -0.05) is 40.2 Å². The van der Waals surface area contributed by atoms with Crippen molar-refractivity contribution in [3.05, 3.63) is 71.3 Å². The third kappa shape index (κ3) is 4.12. The molecule has 0 atom stereocenters. The molecule has 1 nitrogen and oxygen atoms in total. The number of alkyl halides is 1. The normalized spacial score (nSPS) is 11.0. The molecule has 0 unspecified atom stereocenters. The first-order chi connectivity index (χ1) is 9.70. The highest BCUT2D eigenvalue weighted by Gasteiger charge is 2.14. The van der Waals surface area contributed by atoms with Crippen LogP contribution in [0.5, 0.6) is 0 Å². The Morgan fingerprint density at radius 1 is 0.850 bits per heavy atom. The molecule has 4 heteroatoms. The molecule has 0 aliphatic carbocycles. The minimum Gasteiger partial charge on any atom is -0.369 e. The number of benzene rings is 2. The number of halogens is 3. The summed E-state index contributed by atoms with van der Waals surface area (Å²) in [5.41, 5.74) is 1.71. The molecule has 2 rings (SSSR count). The Hall–Kier alpha value is -1.26. The zero-order valence-electron chi connectivity index (χ0n) is 10.9. The van der Waals surface area contributed by atoms with Gasteiger partial charge in [0.05, 0.1) is 0 Å². The highest BCUT2D eigenvalue weighted by atomic mass is 79.9. The lowest BCUT2D eigenvalue weighted by Gasteiger charge is -2.19. The SMILES string of the molecule is Fc1ccc(C(OCCCBr)c2ccc(F)cc2)cc1. The smallest absolute Gasteiger partial charge is 0.123 e. The maximum atomic E-state index is 13.0. The molecule has 0 saturated heterocycles. The van der Waals surface area contributed by atoms with Gasteiger partial charge in [0.1, 0.15) is 17.7 Å². The molecule has 0 amide bonds. The van der Waals surface area contributed by atoms with Crippen molar-refractivity contribution in [1.29, 1.82) is 0 Å². The fraction of sp³-hybridized carbons (Fsp3) is 0.250. The third-order valence-electron chi connectivity index (χ3n) is 2.91. The van der Waals surface area contributed by atoms with Crippen LogP contribution in [0.4, 0.5) is 8.78 Å². The van der Waals surface area contributed by atoms with Gasteiger partial charge in [-0.05, 0) is 41.8 Å².